The van der Waals surface area contributed by atoms with Gasteiger partial charge in [-0.3, -0.25) is 14.3 Å². The van der Waals surface area contributed by atoms with Crippen LogP contribution in [0.2, 0.25) is 0 Å². The maximum atomic E-state index is 12.2. The van der Waals surface area contributed by atoms with Crippen molar-refractivity contribution in [1.82, 2.24) is 20.4 Å². The number of rotatable bonds is 5. The molecule has 1 unspecified atom stereocenters. The largest absolute Gasteiger partial charge is 0.354 e. The molecule has 114 valence electrons. The van der Waals surface area contributed by atoms with Crippen LogP contribution in [-0.4, -0.2) is 34.2 Å². The summed E-state index contributed by atoms with van der Waals surface area (Å²) < 4.78 is 1.77. The summed E-state index contributed by atoms with van der Waals surface area (Å²) in [5.74, 6) is -0.390. The van der Waals surface area contributed by atoms with E-state index in [2.05, 4.69) is 15.7 Å². The van der Waals surface area contributed by atoms with Crippen LogP contribution in [0.3, 0.4) is 0 Å². The molecule has 0 aromatic carbocycles. The zero-order chi connectivity index (χ0) is 15.6. The summed E-state index contributed by atoms with van der Waals surface area (Å²) in [5, 5.41) is 10.8. The van der Waals surface area contributed by atoms with Gasteiger partial charge in [-0.25, -0.2) is 0 Å². The number of amides is 2. The minimum Gasteiger partial charge on any atom is -0.354 e. The van der Waals surface area contributed by atoms with Gasteiger partial charge >= 0.3 is 0 Å². The Hall–Kier alpha value is -1.89. The first-order valence-electron chi connectivity index (χ1n) is 6.95. The Kier molecular flexibility index (Phi) is 4.62. The van der Waals surface area contributed by atoms with Crippen molar-refractivity contribution >= 4 is 33.4 Å². The molecule has 0 aliphatic carbocycles. The number of fused-ring (bicyclic) bond motifs is 1. The van der Waals surface area contributed by atoms with E-state index in [1.807, 2.05) is 27.0 Å². The first-order chi connectivity index (χ1) is 9.93. The fourth-order valence-corrected chi connectivity index (χ4v) is 3.08. The Labute approximate surface area is 127 Å². The number of aromatic nitrogens is 2. The van der Waals surface area contributed by atoms with E-state index in [-0.39, 0.29) is 11.8 Å². The van der Waals surface area contributed by atoms with Gasteiger partial charge in [0.05, 0.1) is 10.6 Å². The van der Waals surface area contributed by atoms with Gasteiger partial charge in [0.15, 0.2) is 0 Å². The Morgan fingerprint density at radius 2 is 2.19 bits per heavy atom. The normalized spacial score (nSPS) is 12.4. The third-order valence-corrected chi connectivity index (χ3v) is 4.41. The summed E-state index contributed by atoms with van der Waals surface area (Å²) in [6.45, 7) is 6.20. The molecule has 2 N–H and O–H groups in total. The van der Waals surface area contributed by atoms with Crippen LogP contribution in [0.25, 0.3) is 10.2 Å². The lowest BCUT2D eigenvalue weighted by molar-refractivity contribution is -0.122. The van der Waals surface area contributed by atoms with Crippen LogP contribution in [-0.2, 0) is 11.8 Å². The van der Waals surface area contributed by atoms with Gasteiger partial charge in [0.25, 0.3) is 5.91 Å². The second-order valence-corrected chi connectivity index (χ2v) is 6.06. The van der Waals surface area contributed by atoms with Crippen LogP contribution in [0.15, 0.2) is 6.07 Å². The SMILES string of the molecule is CCCNC(=O)C(C)NC(=O)c1cc2c(C)nn(C)c2s1. The van der Waals surface area contributed by atoms with Crippen molar-refractivity contribution in [2.45, 2.75) is 33.2 Å². The fourth-order valence-electron chi connectivity index (χ4n) is 2.05. The fraction of sp³-hybridized carbons (Fsp3) is 0.500. The number of carbonyl (C=O) groups excluding carboxylic acids is 2. The number of aryl methyl sites for hydroxylation is 2. The van der Waals surface area contributed by atoms with Crippen LogP contribution >= 0.6 is 11.3 Å². The number of hydrogen-bond donors (Lipinski definition) is 2. The Morgan fingerprint density at radius 3 is 2.81 bits per heavy atom. The van der Waals surface area contributed by atoms with Crippen molar-refractivity contribution in [2.24, 2.45) is 7.05 Å². The van der Waals surface area contributed by atoms with Gasteiger partial charge in [-0.2, -0.15) is 5.10 Å². The lowest BCUT2D eigenvalue weighted by atomic mass is 10.2. The molecule has 2 heterocycles. The minimum atomic E-state index is -0.548. The molecule has 1 atom stereocenters. The highest BCUT2D eigenvalue weighted by atomic mass is 32.1. The summed E-state index contributed by atoms with van der Waals surface area (Å²) >= 11 is 1.38. The minimum absolute atomic E-state index is 0.163. The Morgan fingerprint density at radius 1 is 1.48 bits per heavy atom. The van der Waals surface area contributed by atoms with E-state index in [9.17, 15) is 9.59 Å². The van der Waals surface area contributed by atoms with E-state index in [1.54, 1.807) is 11.6 Å². The monoisotopic (exact) mass is 308 g/mol. The average Bonchev–Trinajstić information content (AvgIpc) is 2.98. The molecule has 0 bridgehead atoms. The zero-order valence-electron chi connectivity index (χ0n) is 12.7. The van der Waals surface area contributed by atoms with Gasteiger partial charge in [0.2, 0.25) is 5.91 Å². The van der Waals surface area contributed by atoms with Gasteiger partial charge in [-0.05, 0) is 26.3 Å². The van der Waals surface area contributed by atoms with E-state index < -0.39 is 6.04 Å². The van der Waals surface area contributed by atoms with E-state index in [1.165, 1.54) is 11.3 Å². The van der Waals surface area contributed by atoms with Crippen LogP contribution in [0.1, 0.15) is 35.6 Å². The van der Waals surface area contributed by atoms with Gasteiger partial charge in [-0.15, -0.1) is 11.3 Å². The second kappa shape index (κ2) is 6.26. The lowest BCUT2D eigenvalue weighted by Crippen LogP contribution is -2.44. The van der Waals surface area contributed by atoms with Crippen LogP contribution < -0.4 is 10.6 Å². The highest BCUT2D eigenvalue weighted by Gasteiger charge is 2.19. The van der Waals surface area contributed by atoms with E-state index in [0.29, 0.717) is 11.4 Å². The molecule has 0 saturated heterocycles. The Bertz CT molecular complexity index is 639. The maximum Gasteiger partial charge on any atom is 0.262 e. The maximum absolute atomic E-state index is 12.2. The van der Waals surface area contributed by atoms with Crippen LogP contribution in [0.5, 0.6) is 0 Å². The molecule has 2 amide bonds. The predicted molar refractivity (Wildman–Crippen MR) is 83.6 cm³/mol. The summed E-state index contributed by atoms with van der Waals surface area (Å²) in [7, 11) is 1.86. The van der Waals surface area contributed by atoms with Crippen molar-refractivity contribution in [3.63, 3.8) is 0 Å². The predicted octanol–water partition coefficient (Wildman–Crippen LogP) is 1.59. The molecular formula is C14H20N4O2S. The highest BCUT2D eigenvalue weighted by Crippen LogP contribution is 2.27. The van der Waals surface area contributed by atoms with Crippen LogP contribution in [0, 0.1) is 6.92 Å². The highest BCUT2D eigenvalue weighted by molar-refractivity contribution is 7.20. The van der Waals surface area contributed by atoms with Gasteiger partial charge in [-0.1, -0.05) is 6.92 Å². The molecule has 6 nitrogen and oxygen atoms in total. The van der Waals surface area contributed by atoms with Gasteiger partial charge in [0, 0.05) is 19.0 Å². The number of nitrogens with one attached hydrogen (secondary N) is 2. The standard InChI is InChI=1S/C14H20N4O2S/c1-5-6-15-12(19)9(3)16-13(20)11-7-10-8(2)17-18(4)14(10)21-11/h7,9H,5-6H2,1-4H3,(H,15,19)(H,16,20). The molecule has 0 spiro atoms. The molecule has 0 aliphatic heterocycles. The summed E-state index contributed by atoms with van der Waals surface area (Å²) in [5.41, 5.74) is 0.900. The lowest BCUT2D eigenvalue weighted by Gasteiger charge is -2.12. The molecule has 7 heteroatoms. The first-order valence-corrected chi connectivity index (χ1v) is 7.77. The van der Waals surface area contributed by atoms with Crippen molar-refractivity contribution < 1.29 is 9.59 Å². The van der Waals surface area contributed by atoms with Crippen molar-refractivity contribution in [1.29, 1.82) is 0 Å². The molecule has 21 heavy (non-hydrogen) atoms. The Balaban J connectivity index is 2.08. The summed E-state index contributed by atoms with van der Waals surface area (Å²) in [6, 6.07) is 1.28. The van der Waals surface area contributed by atoms with Crippen molar-refractivity contribution in [3.05, 3.63) is 16.6 Å². The van der Waals surface area contributed by atoms with Crippen molar-refractivity contribution in [2.75, 3.05) is 6.54 Å². The van der Waals surface area contributed by atoms with E-state index >= 15 is 0 Å². The zero-order valence-corrected chi connectivity index (χ0v) is 13.5. The summed E-state index contributed by atoms with van der Waals surface area (Å²) in [6.07, 6.45) is 0.870. The number of nitrogens with zero attached hydrogens (tertiary/aromatic N) is 2. The molecular weight excluding hydrogens is 288 g/mol. The van der Waals surface area contributed by atoms with E-state index in [0.717, 1.165) is 22.3 Å². The topological polar surface area (TPSA) is 76.0 Å². The molecule has 2 rings (SSSR count). The molecule has 2 aromatic rings. The average molecular weight is 308 g/mol. The first kappa shape index (κ1) is 15.5. The third-order valence-electron chi connectivity index (χ3n) is 3.21. The van der Waals surface area contributed by atoms with E-state index in [4.69, 9.17) is 0 Å². The van der Waals surface area contributed by atoms with Crippen molar-refractivity contribution in [3.8, 4) is 0 Å². The smallest absolute Gasteiger partial charge is 0.262 e. The molecule has 0 radical (unpaired) electrons. The number of hydrogen-bond acceptors (Lipinski definition) is 4. The van der Waals surface area contributed by atoms with Gasteiger partial charge < -0.3 is 10.6 Å². The van der Waals surface area contributed by atoms with Crippen LogP contribution in [0.4, 0.5) is 0 Å². The number of carbonyl (C=O) groups is 2. The summed E-state index contributed by atoms with van der Waals surface area (Å²) in [4.78, 5) is 25.5. The molecule has 0 aliphatic rings. The second-order valence-electron chi connectivity index (χ2n) is 5.02. The molecule has 0 saturated carbocycles. The quantitative estimate of drug-likeness (QED) is 0.880. The van der Waals surface area contributed by atoms with Gasteiger partial charge in [0.1, 0.15) is 10.9 Å². The molecule has 2 aromatic heterocycles. The number of thiophene rings is 1. The third kappa shape index (κ3) is 3.24. The molecule has 0 fully saturated rings.